The van der Waals surface area contributed by atoms with Crippen molar-refractivity contribution >= 4 is 17.2 Å². The number of likely N-dealkylation sites (tertiary alicyclic amines) is 1. The summed E-state index contributed by atoms with van der Waals surface area (Å²) in [7, 11) is 0. The number of carbonyl (C=O) groups excluding carboxylic acids is 1. The first-order valence-electron chi connectivity index (χ1n) is 9.38. The van der Waals surface area contributed by atoms with Gasteiger partial charge in [-0.15, -0.1) is 0 Å². The quantitative estimate of drug-likeness (QED) is 0.856. The van der Waals surface area contributed by atoms with Gasteiger partial charge < -0.3 is 10.6 Å². The lowest BCUT2D eigenvalue weighted by molar-refractivity contribution is -0.124. The number of piperidine rings is 1. The van der Waals surface area contributed by atoms with Gasteiger partial charge in [-0.25, -0.2) is 9.50 Å². The molecule has 1 aliphatic heterocycles. The molecule has 0 bridgehead atoms. The zero-order valence-corrected chi connectivity index (χ0v) is 16.2. The molecule has 3 rings (SSSR count). The van der Waals surface area contributed by atoms with Crippen LogP contribution in [0.25, 0.3) is 5.52 Å². The Balaban J connectivity index is 1.46. The lowest BCUT2D eigenvalue weighted by atomic mass is 9.96. The van der Waals surface area contributed by atoms with Gasteiger partial charge in [-0.05, 0) is 65.6 Å². The van der Waals surface area contributed by atoms with Crippen LogP contribution in [0.1, 0.15) is 39.3 Å². The van der Waals surface area contributed by atoms with Gasteiger partial charge in [0.05, 0.1) is 12.2 Å². The normalized spacial score (nSPS) is 16.8. The van der Waals surface area contributed by atoms with Crippen molar-refractivity contribution < 1.29 is 4.79 Å². The molecule has 0 radical (unpaired) electrons. The minimum Gasteiger partial charge on any atom is -0.368 e. The number of aromatic nitrogens is 3. The van der Waals surface area contributed by atoms with Crippen molar-refractivity contribution in [2.45, 2.75) is 46.1 Å². The molecule has 2 aromatic heterocycles. The van der Waals surface area contributed by atoms with Gasteiger partial charge in [0.25, 0.3) is 0 Å². The van der Waals surface area contributed by atoms with Gasteiger partial charge in [-0.1, -0.05) is 0 Å². The van der Waals surface area contributed by atoms with E-state index in [0.29, 0.717) is 12.5 Å². The molecule has 26 heavy (non-hydrogen) atoms. The highest BCUT2D eigenvalue weighted by atomic mass is 16.2. The fourth-order valence-electron chi connectivity index (χ4n) is 3.43. The van der Waals surface area contributed by atoms with Crippen molar-refractivity contribution in [2.24, 2.45) is 5.92 Å². The van der Waals surface area contributed by atoms with Crippen LogP contribution in [0.5, 0.6) is 0 Å². The van der Waals surface area contributed by atoms with Gasteiger partial charge in [-0.3, -0.25) is 9.69 Å². The van der Waals surface area contributed by atoms with Crippen molar-refractivity contribution in [1.82, 2.24) is 24.8 Å². The van der Waals surface area contributed by atoms with Crippen LogP contribution >= 0.6 is 0 Å². The summed E-state index contributed by atoms with van der Waals surface area (Å²) in [5.74, 6) is 1.60. The van der Waals surface area contributed by atoms with Crippen molar-refractivity contribution in [3.8, 4) is 0 Å². The molecule has 2 N–H and O–H groups in total. The van der Waals surface area contributed by atoms with Crippen molar-refractivity contribution in [2.75, 3.05) is 31.5 Å². The second-order valence-corrected chi connectivity index (χ2v) is 8.29. The highest BCUT2D eigenvalue weighted by molar-refractivity contribution is 5.78. The highest BCUT2D eigenvalue weighted by Crippen LogP contribution is 2.20. The summed E-state index contributed by atoms with van der Waals surface area (Å²) in [6.45, 7) is 11.4. The molecule has 1 saturated heterocycles. The number of nitrogens with one attached hydrogen (secondary N) is 2. The summed E-state index contributed by atoms with van der Waals surface area (Å²) in [5.41, 5.74) is 1.84. The molecule has 7 heteroatoms. The SMILES string of the molecule is Cc1cc2c(NCC3CCN(CC(=O)NC(C)(C)C)CC3)nccn2n1. The standard InChI is InChI=1S/C19H30N6O/c1-14-11-16-18(20-7-10-25(16)23-14)21-12-15-5-8-24(9-6-15)13-17(26)22-19(2,3)4/h7,10-11,15H,5-6,8-9,12-13H2,1-4H3,(H,20,21)(H,22,26). The molecule has 0 spiro atoms. The first kappa shape index (κ1) is 18.6. The maximum absolute atomic E-state index is 12.1. The first-order chi connectivity index (χ1) is 12.3. The maximum atomic E-state index is 12.1. The van der Waals surface area contributed by atoms with Crippen LogP contribution in [0.4, 0.5) is 5.82 Å². The monoisotopic (exact) mass is 358 g/mol. The molecule has 0 aromatic carbocycles. The Labute approximate surface area is 155 Å². The molecular formula is C19H30N6O. The zero-order chi connectivity index (χ0) is 18.7. The van der Waals surface area contributed by atoms with Gasteiger partial charge in [0.2, 0.25) is 5.91 Å². The van der Waals surface area contributed by atoms with Gasteiger partial charge >= 0.3 is 0 Å². The van der Waals surface area contributed by atoms with E-state index >= 15 is 0 Å². The van der Waals surface area contributed by atoms with Gasteiger partial charge in [-0.2, -0.15) is 5.10 Å². The Hall–Kier alpha value is -2.15. The Kier molecular flexibility index (Phi) is 5.46. The van der Waals surface area contributed by atoms with E-state index in [1.807, 2.05) is 44.5 Å². The molecule has 2 aromatic rings. The van der Waals surface area contributed by atoms with E-state index in [-0.39, 0.29) is 11.4 Å². The number of fused-ring (bicyclic) bond motifs is 1. The van der Waals surface area contributed by atoms with Crippen molar-refractivity contribution in [3.63, 3.8) is 0 Å². The predicted molar refractivity (Wildman–Crippen MR) is 103 cm³/mol. The van der Waals surface area contributed by atoms with E-state index in [1.54, 1.807) is 6.20 Å². The van der Waals surface area contributed by atoms with Crippen LogP contribution < -0.4 is 10.6 Å². The molecule has 142 valence electrons. The maximum Gasteiger partial charge on any atom is 0.234 e. The van der Waals surface area contributed by atoms with E-state index in [2.05, 4.69) is 25.6 Å². The lowest BCUT2D eigenvalue weighted by Gasteiger charge is -2.32. The van der Waals surface area contributed by atoms with E-state index in [1.165, 1.54) is 0 Å². The molecule has 0 aliphatic carbocycles. The smallest absolute Gasteiger partial charge is 0.234 e. The van der Waals surface area contributed by atoms with Gasteiger partial charge in [0, 0.05) is 24.5 Å². The van der Waals surface area contributed by atoms with Gasteiger partial charge in [0.1, 0.15) is 5.52 Å². The van der Waals surface area contributed by atoms with Crippen molar-refractivity contribution in [3.05, 3.63) is 24.2 Å². The summed E-state index contributed by atoms with van der Waals surface area (Å²) >= 11 is 0. The number of carbonyl (C=O) groups is 1. The third-order valence-electron chi connectivity index (χ3n) is 4.66. The highest BCUT2D eigenvalue weighted by Gasteiger charge is 2.22. The summed E-state index contributed by atoms with van der Waals surface area (Å²) in [6.07, 6.45) is 5.83. The third kappa shape index (κ3) is 4.94. The van der Waals surface area contributed by atoms with E-state index in [4.69, 9.17) is 0 Å². The second kappa shape index (κ2) is 7.61. The van der Waals surface area contributed by atoms with Crippen LogP contribution in [-0.2, 0) is 4.79 Å². The Bertz CT molecular complexity index is 755. The van der Waals surface area contributed by atoms with Crippen LogP contribution in [0.3, 0.4) is 0 Å². The number of aryl methyl sites for hydroxylation is 1. The third-order valence-corrected chi connectivity index (χ3v) is 4.66. The van der Waals surface area contributed by atoms with Crippen LogP contribution in [0.2, 0.25) is 0 Å². The molecule has 1 aliphatic rings. The van der Waals surface area contributed by atoms with Gasteiger partial charge in [0.15, 0.2) is 5.82 Å². The summed E-state index contributed by atoms with van der Waals surface area (Å²) in [5, 5.41) is 10.9. The molecule has 3 heterocycles. The summed E-state index contributed by atoms with van der Waals surface area (Å²) < 4.78 is 1.86. The number of anilines is 1. The Morgan fingerprint density at radius 3 is 2.73 bits per heavy atom. The molecule has 7 nitrogen and oxygen atoms in total. The van der Waals surface area contributed by atoms with Crippen LogP contribution in [0.15, 0.2) is 18.5 Å². The second-order valence-electron chi connectivity index (χ2n) is 8.29. The largest absolute Gasteiger partial charge is 0.368 e. The molecule has 0 unspecified atom stereocenters. The fourth-order valence-corrected chi connectivity index (χ4v) is 3.43. The first-order valence-corrected chi connectivity index (χ1v) is 9.38. The van der Waals surface area contributed by atoms with Crippen LogP contribution in [0, 0.1) is 12.8 Å². The average molecular weight is 358 g/mol. The zero-order valence-electron chi connectivity index (χ0n) is 16.2. The van der Waals surface area contributed by atoms with E-state index in [9.17, 15) is 4.79 Å². The molecule has 0 atom stereocenters. The van der Waals surface area contributed by atoms with E-state index < -0.39 is 0 Å². The molecule has 1 amide bonds. The topological polar surface area (TPSA) is 74.6 Å². The van der Waals surface area contributed by atoms with Crippen LogP contribution in [-0.4, -0.2) is 57.1 Å². The summed E-state index contributed by atoms with van der Waals surface area (Å²) in [4.78, 5) is 18.8. The average Bonchev–Trinajstić information content (AvgIpc) is 2.93. The number of hydrogen-bond donors (Lipinski definition) is 2. The minimum absolute atomic E-state index is 0.112. The minimum atomic E-state index is -0.167. The molecule has 1 fully saturated rings. The lowest BCUT2D eigenvalue weighted by Crippen LogP contribution is -2.47. The number of nitrogens with zero attached hydrogens (tertiary/aromatic N) is 4. The predicted octanol–water partition coefficient (Wildman–Crippen LogP) is 2.08. The fraction of sp³-hybridized carbons (Fsp3) is 0.632. The number of hydrogen-bond acceptors (Lipinski definition) is 5. The molecular weight excluding hydrogens is 328 g/mol. The number of rotatable bonds is 5. The summed E-state index contributed by atoms with van der Waals surface area (Å²) in [6, 6.07) is 2.05. The Morgan fingerprint density at radius 2 is 2.04 bits per heavy atom. The van der Waals surface area contributed by atoms with E-state index in [0.717, 1.165) is 49.5 Å². The Morgan fingerprint density at radius 1 is 1.31 bits per heavy atom. The molecule has 0 saturated carbocycles. The van der Waals surface area contributed by atoms with Crippen molar-refractivity contribution in [1.29, 1.82) is 0 Å². The number of amides is 1.